The van der Waals surface area contributed by atoms with E-state index in [1.807, 2.05) is 5.38 Å². The second-order valence-electron chi connectivity index (χ2n) is 1.86. The lowest BCUT2D eigenvalue weighted by atomic mass is 10.4. The fourth-order valence-corrected chi connectivity index (χ4v) is 1.15. The second kappa shape index (κ2) is 3.88. The van der Waals surface area contributed by atoms with Gasteiger partial charge in [0.15, 0.2) is 0 Å². The van der Waals surface area contributed by atoms with Crippen LogP contribution in [0.3, 0.4) is 0 Å². The maximum absolute atomic E-state index is 10.7. The van der Waals surface area contributed by atoms with Gasteiger partial charge in [0.05, 0.1) is 12.1 Å². The van der Waals surface area contributed by atoms with E-state index in [4.69, 9.17) is 0 Å². The minimum Gasteiger partial charge on any atom is -0.303 e. The average Bonchev–Trinajstić information content (AvgIpc) is 2.40. The lowest BCUT2D eigenvalue weighted by Gasteiger charge is -1.91. The van der Waals surface area contributed by atoms with Crippen LogP contribution in [0.2, 0.25) is 0 Å². The molecule has 0 N–H and O–H groups in total. The predicted octanol–water partition coefficient (Wildman–Crippen LogP) is 1.10. The summed E-state index contributed by atoms with van der Waals surface area (Å²) in [6.45, 7) is 0. The van der Waals surface area contributed by atoms with Crippen molar-refractivity contribution in [1.29, 1.82) is 0 Å². The molecule has 0 saturated carbocycles. The van der Waals surface area contributed by atoms with E-state index in [0.29, 0.717) is 12.0 Å². The topological polar surface area (TPSA) is 48.2 Å². The highest BCUT2D eigenvalue weighted by Gasteiger charge is 2.02. The Kier molecular flexibility index (Phi) is 2.80. The van der Waals surface area contributed by atoms with Crippen LogP contribution in [-0.2, 0) is 9.59 Å². The summed E-state index contributed by atoms with van der Waals surface area (Å²) >= 11 is 1.47. The first kappa shape index (κ1) is 7.94. The van der Waals surface area contributed by atoms with Crippen LogP contribution in [0.5, 0.6) is 0 Å². The molecule has 0 fully saturated rings. The molecule has 0 aromatic carbocycles. The number of hydrogen-bond donors (Lipinski definition) is 0. The van der Waals surface area contributed by atoms with Crippen LogP contribution in [0.15, 0.2) is 16.8 Å². The van der Waals surface area contributed by atoms with E-state index in [0.717, 1.165) is 0 Å². The molecule has 1 heterocycles. The van der Waals surface area contributed by atoms with E-state index in [1.54, 1.807) is 11.4 Å². The monoisotopic (exact) mass is 168 g/mol. The number of amides is 1. The van der Waals surface area contributed by atoms with Gasteiger partial charge in [-0.05, 0) is 11.4 Å². The van der Waals surface area contributed by atoms with E-state index in [2.05, 4.69) is 5.32 Å². The van der Waals surface area contributed by atoms with Gasteiger partial charge in [0.25, 0.3) is 5.91 Å². The molecule has 1 aromatic heterocycles. The average molecular weight is 168 g/mol. The number of thiophene rings is 1. The van der Waals surface area contributed by atoms with Gasteiger partial charge >= 0.3 is 0 Å². The smallest absolute Gasteiger partial charge is 0.253 e. The highest BCUT2D eigenvalue weighted by atomic mass is 32.1. The van der Waals surface area contributed by atoms with Crippen molar-refractivity contribution in [3.8, 4) is 0 Å². The minimum absolute atomic E-state index is 0.129. The first-order valence-electron chi connectivity index (χ1n) is 3.03. The summed E-state index contributed by atoms with van der Waals surface area (Å²) in [5, 5.41) is 7.23. The standard InChI is InChI=1S/C7H6NO2S/c9-3-1-7(10)8-6-2-4-11-5-6/h2-5H,1H2. The Hall–Kier alpha value is -1.16. The molecule has 1 rings (SSSR count). The number of aldehydes is 1. The predicted molar refractivity (Wildman–Crippen MR) is 41.8 cm³/mol. The molecule has 0 aliphatic rings. The van der Waals surface area contributed by atoms with Crippen LogP contribution >= 0.6 is 11.3 Å². The maximum Gasteiger partial charge on any atom is 0.253 e. The quantitative estimate of drug-likeness (QED) is 0.501. The molecule has 0 spiro atoms. The third kappa shape index (κ3) is 2.51. The van der Waals surface area contributed by atoms with Crippen molar-refractivity contribution in [2.24, 2.45) is 0 Å². The van der Waals surface area contributed by atoms with Gasteiger partial charge in [-0.1, -0.05) is 0 Å². The zero-order valence-electron chi connectivity index (χ0n) is 5.69. The van der Waals surface area contributed by atoms with Crippen molar-refractivity contribution in [3.63, 3.8) is 0 Å². The van der Waals surface area contributed by atoms with Gasteiger partial charge in [0.1, 0.15) is 6.29 Å². The fourth-order valence-electron chi connectivity index (χ4n) is 0.582. The van der Waals surface area contributed by atoms with Gasteiger partial charge in [-0.2, -0.15) is 11.3 Å². The summed E-state index contributed by atoms with van der Waals surface area (Å²) in [6.07, 6.45) is 0.425. The number of rotatable bonds is 3. The summed E-state index contributed by atoms with van der Waals surface area (Å²) < 4.78 is 0. The third-order valence-corrected chi connectivity index (χ3v) is 1.69. The second-order valence-corrected chi connectivity index (χ2v) is 2.64. The minimum atomic E-state index is -0.390. The highest BCUT2D eigenvalue weighted by molar-refractivity contribution is 7.08. The molecule has 0 aliphatic heterocycles. The van der Waals surface area contributed by atoms with E-state index in [-0.39, 0.29) is 6.42 Å². The number of carbonyl (C=O) groups excluding carboxylic acids is 2. The molecule has 0 atom stereocenters. The lowest BCUT2D eigenvalue weighted by molar-refractivity contribution is -0.123. The Morgan fingerprint density at radius 2 is 2.55 bits per heavy atom. The van der Waals surface area contributed by atoms with Crippen molar-refractivity contribution in [3.05, 3.63) is 16.8 Å². The number of hydrogen-bond acceptors (Lipinski definition) is 3. The van der Waals surface area contributed by atoms with Crippen LogP contribution < -0.4 is 5.32 Å². The van der Waals surface area contributed by atoms with E-state index in [9.17, 15) is 9.59 Å². The Morgan fingerprint density at radius 1 is 1.73 bits per heavy atom. The Bertz CT molecular complexity index is 243. The molecule has 1 aromatic rings. The molecule has 57 valence electrons. The van der Waals surface area contributed by atoms with Crippen molar-refractivity contribution in [2.45, 2.75) is 6.42 Å². The molecule has 11 heavy (non-hydrogen) atoms. The summed E-state index contributed by atoms with van der Waals surface area (Å²) in [7, 11) is 0. The maximum atomic E-state index is 10.7. The van der Waals surface area contributed by atoms with Gasteiger partial charge in [0.2, 0.25) is 0 Å². The summed E-state index contributed by atoms with van der Waals surface area (Å²) in [5.41, 5.74) is 0.627. The Balaban J connectivity index is 2.43. The normalized spacial score (nSPS) is 9.09. The van der Waals surface area contributed by atoms with Crippen LogP contribution in [0.25, 0.3) is 0 Å². The molecular weight excluding hydrogens is 162 g/mol. The summed E-state index contributed by atoms with van der Waals surface area (Å²) in [5.74, 6) is -0.390. The van der Waals surface area contributed by atoms with Gasteiger partial charge in [-0.25, -0.2) is 5.32 Å². The third-order valence-electron chi connectivity index (χ3n) is 1.02. The molecule has 1 radical (unpaired) electrons. The molecule has 0 bridgehead atoms. The zero-order chi connectivity index (χ0) is 8.10. The Morgan fingerprint density at radius 3 is 3.09 bits per heavy atom. The summed E-state index contributed by atoms with van der Waals surface area (Å²) in [4.78, 5) is 20.6. The van der Waals surface area contributed by atoms with Gasteiger partial charge in [0, 0.05) is 5.38 Å². The van der Waals surface area contributed by atoms with Crippen molar-refractivity contribution < 1.29 is 9.59 Å². The largest absolute Gasteiger partial charge is 0.303 e. The molecule has 1 amide bonds. The van der Waals surface area contributed by atoms with Gasteiger partial charge in [-0.15, -0.1) is 0 Å². The number of carbonyl (C=O) groups is 2. The first-order chi connectivity index (χ1) is 5.33. The number of nitrogens with zero attached hydrogens (tertiary/aromatic N) is 1. The van der Waals surface area contributed by atoms with Crippen LogP contribution in [0.1, 0.15) is 6.42 Å². The van der Waals surface area contributed by atoms with Crippen molar-refractivity contribution in [1.82, 2.24) is 5.32 Å². The molecule has 4 heteroatoms. The van der Waals surface area contributed by atoms with Crippen LogP contribution in [-0.4, -0.2) is 12.2 Å². The lowest BCUT2D eigenvalue weighted by Crippen LogP contribution is -2.09. The van der Waals surface area contributed by atoms with E-state index >= 15 is 0 Å². The van der Waals surface area contributed by atoms with E-state index < -0.39 is 5.91 Å². The van der Waals surface area contributed by atoms with E-state index in [1.165, 1.54) is 11.3 Å². The SMILES string of the molecule is O=CCC(=O)[N]c1ccsc1. The zero-order valence-corrected chi connectivity index (χ0v) is 6.50. The first-order valence-corrected chi connectivity index (χ1v) is 3.97. The van der Waals surface area contributed by atoms with Crippen molar-refractivity contribution in [2.75, 3.05) is 0 Å². The molecule has 0 aliphatic carbocycles. The molecule has 0 unspecified atom stereocenters. The molecule has 3 nitrogen and oxygen atoms in total. The summed E-state index contributed by atoms with van der Waals surface area (Å²) in [6, 6.07) is 1.73. The van der Waals surface area contributed by atoms with Crippen molar-refractivity contribution >= 4 is 29.2 Å². The van der Waals surface area contributed by atoms with Crippen LogP contribution in [0.4, 0.5) is 5.69 Å². The fraction of sp³-hybridized carbons (Fsp3) is 0.143. The molecule has 0 saturated heterocycles. The van der Waals surface area contributed by atoms with Crippen LogP contribution in [0, 0.1) is 0 Å². The van der Waals surface area contributed by atoms with Gasteiger partial charge in [-0.3, -0.25) is 4.79 Å². The van der Waals surface area contributed by atoms with Gasteiger partial charge < -0.3 is 4.79 Å². The Labute approximate surface area is 68.0 Å². The molecular formula is C7H6NO2S. The highest BCUT2D eigenvalue weighted by Crippen LogP contribution is 2.11.